The Balaban J connectivity index is 2.43. The van der Waals surface area contributed by atoms with E-state index < -0.39 is 23.7 Å². The number of carboxylic acids is 1. The van der Waals surface area contributed by atoms with Gasteiger partial charge >= 0.3 is 5.97 Å². The number of amides is 2. The Morgan fingerprint density at radius 2 is 2.04 bits per heavy atom. The number of carboxylic acid groups (broad SMARTS) is 1. The predicted octanol–water partition coefficient (Wildman–Crippen LogP) is 2.59. The second kappa shape index (κ2) is 7.05. The highest BCUT2D eigenvalue weighted by molar-refractivity contribution is 9.10. The Bertz CT molecular complexity index is 717. The summed E-state index contributed by atoms with van der Waals surface area (Å²) in [5, 5.41) is 8.13. The molecular formula is C14H12BrNO6S. The zero-order chi connectivity index (χ0) is 17.1. The fourth-order valence-corrected chi connectivity index (χ4v) is 3.26. The molecule has 0 bridgehead atoms. The first-order valence-corrected chi connectivity index (χ1v) is 7.87. The molecule has 0 radical (unpaired) electrons. The Morgan fingerprint density at radius 3 is 2.61 bits per heavy atom. The predicted molar refractivity (Wildman–Crippen MR) is 87.6 cm³/mol. The summed E-state index contributed by atoms with van der Waals surface area (Å²) in [6.07, 6.45) is 1.47. The van der Waals surface area contributed by atoms with Crippen LogP contribution in [0.1, 0.15) is 5.56 Å². The van der Waals surface area contributed by atoms with Crippen LogP contribution in [0.15, 0.2) is 21.5 Å². The molecule has 1 saturated heterocycles. The largest absolute Gasteiger partial charge is 0.493 e. The fourth-order valence-electron chi connectivity index (χ4n) is 1.98. The number of rotatable bonds is 5. The minimum atomic E-state index is -1.25. The minimum absolute atomic E-state index is 0.120. The maximum atomic E-state index is 12.2. The number of carbonyl (C=O) groups excluding carboxylic acids is 2. The normalized spacial score (nSPS) is 16.1. The number of carbonyl (C=O) groups is 3. The maximum absolute atomic E-state index is 12.2. The van der Waals surface area contributed by atoms with Crippen molar-refractivity contribution in [3.8, 4) is 11.5 Å². The van der Waals surface area contributed by atoms with Crippen LogP contribution in [0.3, 0.4) is 0 Å². The van der Waals surface area contributed by atoms with Crippen molar-refractivity contribution in [2.75, 3.05) is 20.8 Å². The van der Waals surface area contributed by atoms with Gasteiger partial charge < -0.3 is 14.6 Å². The monoisotopic (exact) mass is 401 g/mol. The van der Waals surface area contributed by atoms with Crippen LogP contribution in [0.4, 0.5) is 4.79 Å². The van der Waals surface area contributed by atoms with Crippen molar-refractivity contribution in [3.05, 3.63) is 27.1 Å². The Labute approximate surface area is 144 Å². The zero-order valence-electron chi connectivity index (χ0n) is 12.2. The first-order valence-electron chi connectivity index (χ1n) is 6.26. The van der Waals surface area contributed by atoms with Crippen molar-refractivity contribution in [1.29, 1.82) is 0 Å². The minimum Gasteiger partial charge on any atom is -0.493 e. The Hall–Kier alpha value is -2.00. The molecule has 1 aliphatic heterocycles. The third kappa shape index (κ3) is 3.67. The zero-order valence-corrected chi connectivity index (χ0v) is 14.6. The number of aliphatic carboxylic acids is 1. The molecule has 1 aromatic rings. The molecule has 0 aromatic heterocycles. The summed E-state index contributed by atoms with van der Waals surface area (Å²) in [5.74, 6) is -1.04. The van der Waals surface area contributed by atoms with Gasteiger partial charge in [0.25, 0.3) is 11.1 Å². The van der Waals surface area contributed by atoms with Crippen LogP contribution in [-0.4, -0.2) is 47.9 Å². The van der Waals surface area contributed by atoms with E-state index in [9.17, 15) is 14.4 Å². The lowest BCUT2D eigenvalue weighted by atomic mass is 10.1. The molecule has 0 spiro atoms. The summed E-state index contributed by atoms with van der Waals surface area (Å²) >= 11 is 4.01. The van der Waals surface area contributed by atoms with Crippen molar-refractivity contribution >= 4 is 50.9 Å². The molecule has 23 heavy (non-hydrogen) atoms. The molecule has 7 nitrogen and oxygen atoms in total. The molecule has 1 aliphatic rings. The first-order chi connectivity index (χ1) is 10.9. The molecule has 1 N–H and O–H groups in total. The summed E-state index contributed by atoms with van der Waals surface area (Å²) in [7, 11) is 2.94. The van der Waals surface area contributed by atoms with Crippen LogP contribution < -0.4 is 9.47 Å². The van der Waals surface area contributed by atoms with E-state index in [-0.39, 0.29) is 4.91 Å². The Morgan fingerprint density at radius 1 is 1.35 bits per heavy atom. The van der Waals surface area contributed by atoms with Gasteiger partial charge in [-0.1, -0.05) is 15.9 Å². The van der Waals surface area contributed by atoms with Gasteiger partial charge in [-0.05, 0) is 30.0 Å². The second-order valence-corrected chi connectivity index (χ2v) is 6.30. The summed E-state index contributed by atoms with van der Waals surface area (Å²) in [6.45, 7) is -0.666. The van der Waals surface area contributed by atoms with Gasteiger partial charge in [0.2, 0.25) is 0 Å². The van der Waals surface area contributed by atoms with Crippen molar-refractivity contribution < 1.29 is 29.0 Å². The van der Waals surface area contributed by atoms with E-state index >= 15 is 0 Å². The van der Waals surface area contributed by atoms with Gasteiger partial charge in [-0.3, -0.25) is 19.3 Å². The molecule has 1 aromatic carbocycles. The summed E-state index contributed by atoms with van der Waals surface area (Å²) in [5.41, 5.74) is 0.527. The molecule has 0 unspecified atom stereocenters. The highest BCUT2D eigenvalue weighted by Crippen LogP contribution is 2.39. The van der Waals surface area contributed by atoms with Crippen LogP contribution in [0, 0.1) is 0 Å². The fraction of sp³-hybridized carbons (Fsp3) is 0.214. The topological polar surface area (TPSA) is 93.1 Å². The maximum Gasteiger partial charge on any atom is 0.323 e. The number of imide groups is 1. The first kappa shape index (κ1) is 17.4. The molecular weight excluding hydrogens is 390 g/mol. The quantitative estimate of drug-likeness (QED) is 0.757. The Kier molecular flexibility index (Phi) is 5.32. The van der Waals surface area contributed by atoms with Gasteiger partial charge in [-0.2, -0.15) is 0 Å². The highest BCUT2D eigenvalue weighted by atomic mass is 79.9. The van der Waals surface area contributed by atoms with Crippen LogP contribution >= 0.6 is 27.7 Å². The van der Waals surface area contributed by atoms with Gasteiger partial charge in [0.05, 0.1) is 19.1 Å². The van der Waals surface area contributed by atoms with Crippen LogP contribution in [0.5, 0.6) is 11.5 Å². The number of nitrogens with zero attached hydrogens (tertiary/aromatic N) is 1. The number of hydrogen-bond donors (Lipinski definition) is 1. The summed E-state index contributed by atoms with van der Waals surface area (Å²) in [6, 6.07) is 3.40. The average molecular weight is 402 g/mol. The molecule has 2 rings (SSSR count). The number of halogens is 1. The van der Waals surface area contributed by atoms with E-state index in [1.165, 1.54) is 20.3 Å². The summed E-state index contributed by atoms with van der Waals surface area (Å²) < 4.78 is 11.2. The number of hydrogen-bond acceptors (Lipinski definition) is 6. The van der Waals surface area contributed by atoms with E-state index in [0.717, 1.165) is 0 Å². The van der Waals surface area contributed by atoms with Crippen LogP contribution in [0.2, 0.25) is 0 Å². The highest BCUT2D eigenvalue weighted by Gasteiger charge is 2.36. The van der Waals surface area contributed by atoms with E-state index in [0.29, 0.717) is 38.2 Å². The third-order valence-corrected chi connectivity index (χ3v) is 4.29. The lowest BCUT2D eigenvalue weighted by Gasteiger charge is -2.11. The third-order valence-electron chi connectivity index (χ3n) is 2.93. The van der Waals surface area contributed by atoms with Gasteiger partial charge in [0.1, 0.15) is 6.54 Å². The van der Waals surface area contributed by atoms with Crippen LogP contribution in [-0.2, 0) is 9.59 Å². The molecule has 1 fully saturated rings. The van der Waals surface area contributed by atoms with Crippen molar-refractivity contribution in [2.45, 2.75) is 0 Å². The van der Waals surface area contributed by atoms with Crippen molar-refractivity contribution in [2.24, 2.45) is 0 Å². The second-order valence-electron chi connectivity index (χ2n) is 4.39. The molecule has 0 atom stereocenters. The number of methoxy groups -OCH3 is 2. The number of ether oxygens (including phenoxy) is 2. The average Bonchev–Trinajstić information content (AvgIpc) is 2.74. The molecule has 122 valence electrons. The number of thioether (sulfide) groups is 1. The molecule has 0 aliphatic carbocycles. The van der Waals surface area contributed by atoms with Gasteiger partial charge in [-0.15, -0.1) is 0 Å². The SMILES string of the molecule is COc1cc(Br)cc(/C=C2/SC(=O)N(CC(=O)O)C2=O)c1OC. The van der Waals surface area contributed by atoms with E-state index in [4.69, 9.17) is 14.6 Å². The van der Waals surface area contributed by atoms with Gasteiger partial charge in [0, 0.05) is 10.0 Å². The lowest BCUT2D eigenvalue weighted by molar-refractivity contribution is -0.140. The molecule has 0 saturated carbocycles. The number of benzene rings is 1. The van der Waals surface area contributed by atoms with Gasteiger partial charge in [0.15, 0.2) is 11.5 Å². The van der Waals surface area contributed by atoms with Crippen LogP contribution in [0.25, 0.3) is 6.08 Å². The lowest BCUT2D eigenvalue weighted by Crippen LogP contribution is -2.33. The summed E-state index contributed by atoms with van der Waals surface area (Å²) in [4.78, 5) is 35.5. The molecule has 9 heteroatoms. The van der Waals surface area contributed by atoms with E-state index in [1.807, 2.05) is 0 Å². The van der Waals surface area contributed by atoms with Gasteiger partial charge in [-0.25, -0.2) is 0 Å². The van der Waals surface area contributed by atoms with Crippen molar-refractivity contribution in [3.63, 3.8) is 0 Å². The smallest absolute Gasteiger partial charge is 0.323 e. The van der Waals surface area contributed by atoms with Crippen molar-refractivity contribution in [1.82, 2.24) is 4.90 Å². The molecule has 2 amide bonds. The van der Waals surface area contributed by atoms with E-state index in [2.05, 4.69) is 15.9 Å². The van der Waals surface area contributed by atoms with E-state index in [1.54, 1.807) is 12.1 Å². The standard InChI is InChI=1S/C14H12BrNO6S/c1-21-9-5-8(15)3-7(12(9)22-2)4-10-13(19)16(6-11(17)18)14(20)23-10/h3-5H,6H2,1-2H3,(H,17,18)/b10-4+. The molecule has 1 heterocycles.